The average molecular weight is 387 g/mol. The number of nitrogens with one attached hydrogen (secondary N) is 2. The van der Waals surface area contributed by atoms with Crippen LogP contribution in [0.5, 0.6) is 5.75 Å². The van der Waals surface area contributed by atoms with Crippen molar-refractivity contribution in [2.75, 3.05) is 20.2 Å². The van der Waals surface area contributed by atoms with Gasteiger partial charge in [-0.05, 0) is 49.2 Å². The number of hydrogen-bond acceptors (Lipinski definition) is 4. The van der Waals surface area contributed by atoms with Gasteiger partial charge in [0, 0.05) is 24.8 Å². The zero-order valence-corrected chi connectivity index (χ0v) is 16.2. The highest BCUT2D eigenvalue weighted by molar-refractivity contribution is 6.30. The summed E-state index contributed by atoms with van der Waals surface area (Å²) in [4.78, 5) is 4.23. The number of pyridine rings is 1. The second kappa shape index (κ2) is 9.23. The highest BCUT2D eigenvalue weighted by Gasteiger charge is 2.05. The molecule has 0 aliphatic rings. The molecule has 0 aliphatic carbocycles. The van der Waals surface area contributed by atoms with Crippen LogP contribution in [0.2, 0.25) is 5.02 Å². The summed E-state index contributed by atoms with van der Waals surface area (Å²) in [6.07, 6.45) is 2.79. The van der Waals surface area contributed by atoms with E-state index in [1.54, 1.807) is 7.05 Å². The first-order valence-corrected chi connectivity index (χ1v) is 9.17. The Hall–Kier alpha value is -2.80. The van der Waals surface area contributed by atoms with E-state index < -0.39 is 0 Å². The first-order chi connectivity index (χ1) is 13.2. The quantitative estimate of drug-likeness (QED) is 0.371. The third-order valence-electron chi connectivity index (χ3n) is 4.03. The molecule has 0 saturated heterocycles. The zero-order chi connectivity index (χ0) is 19.1. The summed E-state index contributed by atoms with van der Waals surface area (Å²) < 4.78 is 7.74. The summed E-state index contributed by atoms with van der Waals surface area (Å²) in [5, 5.41) is 15.6. The lowest BCUT2D eigenvalue weighted by molar-refractivity contribution is 0.309. The Morgan fingerprint density at radius 3 is 2.93 bits per heavy atom. The van der Waals surface area contributed by atoms with Crippen LogP contribution >= 0.6 is 11.6 Å². The Kier molecular flexibility index (Phi) is 6.49. The molecule has 142 valence electrons. The number of aryl methyl sites for hydroxylation is 1. The van der Waals surface area contributed by atoms with Gasteiger partial charge in [-0.3, -0.25) is 9.39 Å². The van der Waals surface area contributed by atoms with Crippen LogP contribution in [0.15, 0.2) is 47.6 Å². The van der Waals surface area contributed by atoms with E-state index in [1.165, 1.54) is 0 Å². The number of benzene rings is 1. The number of aromatic nitrogens is 3. The third kappa shape index (κ3) is 5.10. The molecule has 2 heterocycles. The van der Waals surface area contributed by atoms with E-state index in [0.29, 0.717) is 19.1 Å². The Labute approximate surface area is 163 Å². The van der Waals surface area contributed by atoms with Crippen LogP contribution in [-0.2, 0) is 6.54 Å². The molecule has 8 heteroatoms. The van der Waals surface area contributed by atoms with Crippen LogP contribution < -0.4 is 15.4 Å². The molecule has 0 bridgehead atoms. The highest BCUT2D eigenvalue weighted by Crippen LogP contribution is 2.21. The maximum atomic E-state index is 5.95. The van der Waals surface area contributed by atoms with Gasteiger partial charge < -0.3 is 15.4 Å². The van der Waals surface area contributed by atoms with Gasteiger partial charge in [0.15, 0.2) is 17.4 Å². The highest BCUT2D eigenvalue weighted by atomic mass is 35.5. The lowest BCUT2D eigenvalue weighted by Gasteiger charge is -2.12. The molecule has 0 fully saturated rings. The second-order valence-corrected chi connectivity index (χ2v) is 6.45. The number of nitrogens with zero attached hydrogens (tertiary/aromatic N) is 4. The molecule has 3 aromatic rings. The molecule has 0 unspecified atom stereocenters. The molecule has 1 aromatic carbocycles. The molecule has 0 saturated carbocycles. The number of fused-ring (bicyclic) bond motifs is 1. The lowest BCUT2D eigenvalue weighted by atomic mass is 10.2. The molecule has 27 heavy (non-hydrogen) atoms. The predicted molar refractivity (Wildman–Crippen MR) is 107 cm³/mol. The molecule has 7 nitrogen and oxygen atoms in total. The van der Waals surface area contributed by atoms with Gasteiger partial charge in [0.2, 0.25) is 0 Å². The van der Waals surface area contributed by atoms with E-state index in [1.807, 2.05) is 53.9 Å². The van der Waals surface area contributed by atoms with Gasteiger partial charge in [0.1, 0.15) is 5.75 Å². The van der Waals surface area contributed by atoms with Crippen LogP contribution in [0.1, 0.15) is 17.8 Å². The standard InChI is InChI=1S/C19H23ClN6O/c1-14-12-15(20)7-8-16(14)27-11-5-9-22-19(21-2)23-13-18-25-24-17-6-3-4-10-26(17)18/h3-4,6-8,10,12H,5,9,11,13H2,1-2H3,(H2,21,22,23). The number of hydrogen-bond donors (Lipinski definition) is 2. The zero-order valence-electron chi connectivity index (χ0n) is 15.4. The van der Waals surface area contributed by atoms with Crippen LogP contribution in [-0.4, -0.2) is 40.8 Å². The number of ether oxygens (including phenoxy) is 1. The molecular formula is C19H23ClN6O. The minimum absolute atomic E-state index is 0.533. The minimum atomic E-state index is 0.533. The monoisotopic (exact) mass is 386 g/mol. The topological polar surface area (TPSA) is 75.8 Å². The van der Waals surface area contributed by atoms with E-state index in [9.17, 15) is 0 Å². The summed E-state index contributed by atoms with van der Waals surface area (Å²) in [7, 11) is 1.74. The average Bonchev–Trinajstić information content (AvgIpc) is 3.08. The molecule has 2 aromatic heterocycles. The first-order valence-electron chi connectivity index (χ1n) is 8.79. The van der Waals surface area contributed by atoms with Crippen molar-refractivity contribution in [1.82, 2.24) is 25.2 Å². The number of rotatable bonds is 7. The molecular weight excluding hydrogens is 364 g/mol. The summed E-state index contributed by atoms with van der Waals surface area (Å²) in [5.74, 6) is 2.40. The summed E-state index contributed by atoms with van der Waals surface area (Å²) in [6.45, 7) is 3.87. The summed E-state index contributed by atoms with van der Waals surface area (Å²) >= 11 is 5.95. The lowest BCUT2D eigenvalue weighted by Crippen LogP contribution is -2.38. The van der Waals surface area contributed by atoms with Crippen molar-refractivity contribution < 1.29 is 4.74 Å². The Balaban J connectivity index is 1.40. The molecule has 2 N–H and O–H groups in total. The fourth-order valence-corrected chi connectivity index (χ4v) is 2.86. The van der Waals surface area contributed by atoms with Crippen molar-refractivity contribution in [3.05, 3.63) is 59.0 Å². The van der Waals surface area contributed by atoms with Gasteiger partial charge in [0.25, 0.3) is 0 Å². The van der Waals surface area contributed by atoms with Crippen LogP contribution in [0.3, 0.4) is 0 Å². The Morgan fingerprint density at radius 1 is 1.22 bits per heavy atom. The van der Waals surface area contributed by atoms with E-state index in [2.05, 4.69) is 25.8 Å². The van der Waals surface area contributed by atoms with E-state index in [-0.39, 0.29) is 0 Å². The Morgan fingerprint density at radius 2 is 2.11 bits per heavy atom. The van der Waals surface area contributed by atoms with Crippen molar-refractivity contribution >= 4 is 23.2 Å². The number of halogens is 1. The van der Waals surface area contributed by atoms with Gasteiger partial charge in [0.05, 0.1) is 13.2 Å². The maximum Gasteiger partial charge on any atom is 0.191 e. The fraction of sp³-hybridized carbons (Fsp3) is 0.316. The van der Waals surface area contributed by atoms with Gasteiger partial charge in [-0.1, -0.05) is 17.7 Å². The smallest absolute Gasteiger partial charge is 0.191 e. The minimum Gasteiger partial charge on any atom is -0.493 e. The first kappa shape index (κ1) is 19.0. The van der Waals surface area contributed by atoms with Crippen molar-refractivity contribution in [2.24, 2.45) is 4.99 Å². The molecule has 0 amide bonds. The van der Waals surface area contributed by atoms with Gasteiger partial charge in [-0.15, -0.1) is 10.2 Å². The molecule has 0 aliphatic heterocycles. The van der Waals surface area contributed by atoms with Crippen LogP contribution in [0.4, 0.5) is 0 Å². The number of guanidine groups is 1. The van der Waals surface area contributed by atoms with E-state index in [4.69, 9.17) is 16.3 Å². The molecule has 0 atom stereocenters. The van der Waals surface area contributed by atoms with Crippen molar-refractivity contribution in [2.45, 2.75) is 19.9 Å². The predicted octanol–water partition coefficient (Wildman–Crippen LogP) is 2.83. The molecule has 0 radical (unpaired) electrons. The third-order valence-corrected chi connectivity index (χ3v) is 4.27. The van der Waals surface area contributed by atoms with E-state index >= 15 is 0 Å². The molecule has 0 spiro atoms. The van der Waals surface area contributed by atoms with E-state index in [0.717, 1.165) is 40.8 Å². The number of aliphatic imine (C=N–C) groups is 1. The SMILES string of the molecule is CN=C(NCCCOc1ccc(Cl)cc1C)NCc1nnc2ccccn12. The van der Waals surface area contributed by atoms with Gasteiger partial charge >= 0.3 is 0 Å². The normalized spacial score (nSPS) is 11.6. The fourth-order valence-electron chi connectivity index (χ4n) is 2.63. The van der Waals surface area contributed by atoms with Crippen LogP contribution in [0.25, 0.3) is 5.65 Å². The largest absolute Gasteiger partial charge is 0.493 e. The van der Waals surface area contributed by atoms with Gasteiger partial charge in [-0.2, -0.15) is 0 Å². The van der Waals surface area contributed by atoms with Gasteiger partial charge in [-0.25, -0.2) is 0 Å². The van der Waals surface area contributed by atoms with Crippen LogP contribution in [0, 0.1) is 6.92 Å². The second-order valence-electron chi connectivity index (χ2n) is 6.01. The maximum absolute atomic E-state index is 5.95. The Bertz CT molecular complexity index is 923. The summed E-state index contributed by atoms with van der Waals surface area (Å²) in [6, 6.07) is 11.4. The van der Waals surface area contributed by atoms with Crippen molar-refractivity contribution in [3.63, 3.8) is 0 Å². The van der Waals surface area contributed by atoms with Crippen molar-refractivity contribution in [1.29, 1.82) is 0 Å². The molecule has 3 rings (SSSR count). The summed E-state index contributed by atoms with van der Waals surface area (Å²) in [5.41, 5.74) is 1.86. The van der Waals surface area contributed by atoms with Crippen molar-refractivity contribution in [3.8, 4) is 5.75 Å².